The summed E-state index contributed by atoms with van der Waals surface area (Å²) in [4.78, 5) is 0. The number of rotatable bonds is 7. The minimum atomic E-state index is 0.347. The molecule has 1 atom stereocenters. The van der Waals surface area contributed by atoms with Crippen molar-refractivity contribution in [3.8, 4) is 0 Å². The maximum atomic E-state index is 4.34. The third-order valence-corrected chi connectivity index (χ3v) is 5.05. The van der Waals surface area contributed by atoms with Crippen LogP contribution in [0.1, 0.15) is 57.0 Å². The summed E-state index contributed by atoms with van der Waals surface area (Å²) < 4.78 is 0. The van der Waals surface area contributed by atoms with E-state index < -0.39 is 0 Å². The third-order valence-electron chi connectivity index (χ3n) is 4.05. The molecule has 1 aliphatic rings. The molecule has 0 saturated heterocycles. The zero-order valence-electron chi connectivity index (χ0n) is 12.7. The largest absolute Gasteiger partial charge is 0.314 e. The molecular formula is C15H27N3S. The van der Waals surface area contributed by atoms with Crippen LogP contribution in [-0.4, -0.2) is 22.8 Å². The van der Waals surface area contributed by atoms with Gasteiger partial charge in [0.25, 0.3) is 0 Å². The molecule has 1 aromatic rings. The van der Waals surface area contributed by atoms with Gasteiger partial charge >= 0.3 is 0 Å². The molecule has 1 fully saturated rings. The lowest BCUT2D eigenvalue weighted by molar-refractivity contribution is 0.259. The maximum Gasteiger partial charge on any atom is 0.117 e. The van der Waals surface area contributed by atoms with Crippen LogP contribution in [0.5, 0.6) is 0 Å². The lowest BCUT2D eigenvalue weighted by Crippen LogP contribution is -2.19. The highest BCUT2D eigenvalue weighted by atomic mass is 32.1. The number of aromatic nitrogens is 2. The fourth-order valence-electron chi connectivity index (χ4n) is 1.87. The van der Waals surface area contributed by atoms with Crippen LogP contribution >= 0.6 is 11.3 Å². The van der Waals surface area contributed by atoms with E-state index in [9.17, 15) is 0 Å². The monoisotopic (exact) mass is 281 g/mol. The fourth-order valence-corrected chi connectivity index (χ4v) is 2.89. The van der Waals surface area contributed by atoms with E-state index in [1.54, 1.807) is 11.3 Å². The first-order chi connectivity index (χ1) is 8.95. The Bertz CT molecular complexity index is 390. The summed E-state index contributed by atoms with van der Waals surface area (Å²) in [7, 11) is 0. The molecule has 0 aliphatic heterocycles. The lowest BCUT2D eigenvalue weighted by Gasteiger charge is -2.26. The lowest BCUT2D eigenvalue weighted by atomic mass is 9.80. The van der Waals surface area contributed by atoms with Gasteiger partial charge < -0.3 is 5.32 Å². The smallest absolute Gasteiger partial charge is 0.117 e. The predicted molar refractivity (Wildman–Crippen MR) is 81.6 cm³/mol. The van der Waals surface area contributed by atoms with Gasteiger partial charge in [0.15, 0.2) is 0 Å². The molecule has 0 spiro atoms. The van der Waals surface area contributed by atoms with Gasteiger partial charge in [0, 0.05) is 18.9 Å². The van der Waals surface area contributed by atoms with Gasteiger partial charge in [-0.05, 0) is 37.1 Å². The van der Waals surface area contributed by atoms with Crippen molar-refractivity contribution in [1.82, 2.24) is 15.5 Å². The molecule has 0 radical (unpaired) electrons. The quantitative estimate of drug-likeness (QED) is 0.778. The third kappa shape index (κ3) is 5.19. The summed E-state index contributed by atoms with van der Waals surface area (Å²) in [5, 5.41) is 14.6. The van der Waals surface area contributed by atoms with Crippen LogP contribution < -0.4 is 5.32 Å². The minimum Gasteiger partial charge on any atom is -0.314 e. The first kappa shape index (κ1) is 14.9. The van der Waals surface area contributed by atoms with Crippen molar-refractivity contribution in [2.24, 2.45) is 11.3 Å². The first-order valence-electron chi connectivity index (χ1n) is 7.50. The van der Waals surface area contributed by atoms with Crippen LogP contribution in [0.15, 0.2) is 0 Å². The Labute approximate surface area is 121 Å². The molecule has 3 nitrogen and oxygen atoms in total. The second kappa shape index (κ2) is 6.31. The molecule has 1 saturated carbocycles. The Kier molecular flexibility index (Phi) is 4.96. The van der Waals surface area contributed by atoms with E-state index in [-0.39, 0.29) is 0 Å². The zero-order chi connectivity index (χ0) is 13.9. The van der Waals surface area contributed by atoms with Crippen LogP contribution in [0.4, 0.5) is 0 Å². The SMILES string of the molecule is CC(Cc1nnc(CCCNC2CC2)s1)C(C)(C)C. The van der Waals surface area contributed by atoms with E-state index in [1.807, 2.05) is 0 Å². The highest BCUT2D eigenvalue weighted by molar-refractivity contribution is 7.11. The standard InChI is InChI=1S/C15H27N3S/c1-11(15(2,3)4)10-14-18-17-13(19-14)6-5-9-16-12-7-8-12/h11-12,16H,5-10H2,1-4H3. The number of hydrogen-bond acceptors (Lipinski definition) is 4. The molecule has 1 aliphatic carbocycles. The Morgan fingerprint density at radius 3 is 2.58 bits per heavy atom. The van der Waals surface area contributed by atoms with E-state index >= 15 is 0 Å². The van der Waals surface area contributed by atoms with Gasteiger partial charge in [-0.3, -0.25) is 0 Å². The summed E-state index contributed by atoms with van der Waals surface area (Å²) in [6.45, 7) is 10.3. The average Bonchev–Trinajstić information content (AvgIpc) is 3.04. The second-order valence-electron chi connectivity index (χ2n) is 6.89. The van der Waals surface area contributed by atoms with Gasteiger partial charge in [0.05, 0.1) is 0 Å². The average molecular weight is 281 g/mol. The normalized spacial score (nSPS) is 17.7. The first-order valence-corrected chi connectivity index (χ1v) is 8.31. The molecule has 1 N–H and O–H groups in total. The van der Waals surface area contributed by atoms with Crippen LogP contribution in [0.2, 0.25) is 0 Å². The van der Waals surface area contributed by atoms with Gasteiger partial charge in [-0.1, -0.05) is 27.7 Å². The van der Waals surface area contributed by atoms with Crippen molar-refractivity contribution in [1.29, 1.82) is 0 Å². The highest BCUT2D eigenvalue weighted by Gasteiger charge is 2.22. The minimum absolute atomic E-state index is 0.347. The Morgan fingerprint density at radius 2 is 1.95 bits per heavy atom. The van der Waals surface area contributed by atoms with Crippen LogP contribution in [-0.2, 0) is 12.8 Å². The van der Waals surface area contributed by atoms with Crippen molar-refractivity contribution in [2.75, 3.05) is 6.54 Å². The van der Waals surface area contributed by atoms with Crippen molar-refractivity contribution in [2.45, 2.75) is 65.8 Å². The highest BCUT2D eigenvalue weighted by Crippen LogP contribution is 2.29. The van der Waals surface area contributed by atoms with E-state index in [2.05, 4.69) is 43.2 Å². The fraction of sp³-hybridized carbons (Fsp3) is 0.867. The Morgan fingerprint density at radius 1 is 1.26 bits per heavy atom. The van der Waals surface area contributed by atoms with Gasteiger partial charge in [0.1, 0.15) is 10.0 Å². The van der Waals surface area contributed by atoms with Crippen LogP contribution in [0.3, 0.4) is 0 Å². The predicted octanol–water partition coefficient (Wildman–Crippen LogP) is 3.45. The Hall–Kier alpha value is -0.480. The van der Waals surface area contributed by atoms with Gasteiger partial charge in [-0.15, -0.1) is 21.5 Å². The van der Waals surface area contributed by atoms with Gasteiger partial charge in [0.2, 0.25) is 0 Å². The van der Waals surface area contributed by atoms with E-state index in [4.69, 9.17) is 0 Å². The molecule has 1 heterocycles. The molecule has 0 amide bonds. The summed E-state index contributed by atoms with van der Waals surface area (Å²) in [6.07, 6.45) is 6.05. The van der Waals surface area contributed by atoms with Crippen LogP contribution in [0.25, 0.3) is 0 Å². The summed E-state index contributed by atoms with van der Waals surface area (Å²) in [5.41, 5.74) is 0.347. The molecule has 2 rings (SSSR count). The van der Waals surface area contributed by atoms with Crippen molar-refractivity contribution >= 4 is 11.3 Å². The topological polar surface area (TPSA) is 37.8 Å². The van der Waals surface area contributed by atoms with Crippen molar-refractivity contribution in [3.05, 3.63) is 10.0 Å². The van der Waals surface area contributed by atoms with Crippen molar-refractivity contribution < 1.29 is 0 Å². The second-order valence-corrected chi connectivity index (χ2v) is 8.04. The number of nitrogens with one attached hydrogen (secondary N) is 1. The zero-order valence-corrected chi connectivity index (χ0v) is 13.5. The molecule has 1 unspecified atom stereocenters. The number of aryl methyl sites for hydroxylation is 1. The van der Waals surface area contributed by atoms with Gasteiger partial charge in [-0.25, -0.2) is 0 Å². The van der Waals surface area contributed by atoms with E-state index in [0.29, 0.717) is 11.3 Å². The van der Waals surface area contributed by atoms with E-state index in [0.717, 1.165) is 25.4 Å². The molecule has 108 valence electrons. The molecule has 4 heteroatoms. The Balaban J connectivity index is 1.71. The molecule has 19 heavy (non-hydrogen) atoms. The van der Waals surface area contributed by atoms with Gasteiger partial charge in [-0.2, -0.15) is 0 Å². The van der Waals surface area contributed by atoms with Crippen LogP contribution in [0, 0.1) is 11.3 Å². The summed E-state index contributed by atoms with van der Waals surface area (Å²) >= 11 is 1.80. The number of nitrogens with zero attached hydrogens (tertiary/aromatic N) is 2. The summed E-state index contributed by atoms with van der Waals surface area (Å²) in [6, 6.07) is 0.817. The molecular weight excluding hydrogens is 254 g/mol. The molecule has 0 bridgehead atoms. The van der Waals surface area contributed by atoms with Crippen molar-refractivity contribution in [3.63, 3.8) is 0 Å². The summed E-state index contributed by atoms with van der Waals surface area (Å²) in [5.74, 6) is 0.643. The van der Waals surface area contributed by atoms with E-state index in [1.165, 1.54) is 29.3 Å². The maximum absolute atomic E-state index is 4.34. The number of hydrogen-bond donors (Lipinski definition) is 1. The molecule has 0 aromatic carbocycles. The molecule has 1 aromatic heterocycles.